The summed E-state index contributed by atoms with van der Waals surface area (Å²) >= 11 is 0. The number of carbonyl (C=O) groups is 1. The number of hydrogen-bond acceptors (Lipinski definition) is 3. The standard InChI is InChI=1S/C17H27NO2/c1-13(2)6-5-7-14(3)18-12-15-8-10-16(11-9-15)17(19)20-4/h8-11,13-14,18H,5-7,12H2,1-4H3. The van der Waals surface area contributed by atoms with Gasteiger partial charge in [0.1, 0.15) is 0 Å². The maximum atomic E-state index is 11.3. The third-order valence-electron chi connectivity index (χ3n) is 3.45. The van der Waals surface area contributed by atoms with Crippen LogP contribution in [-0.4, -0.2) is 19.1 Å². The molecular formula is C17H27NO2. The Bertz CT molecular complexity index is 398. The second kappa shape index (κ2) is 8.75. The van der Waals surface area contributed by atoms with Gasteiger partial charge in [0.25, 0.3) is 0 Å². The molecule has 0 spiro atoms. The van der Waals surface area contributed by atoms with Gasteiger partial charge in [0.05, 0.1) is 12.7 Å². The third-order valence-corrected chi connectivity index (χ3v) is 3.45. The van der Waals surface area contributed by atoms with Crippen LogP contribution in [0.25, 0.3) is 0 Å². The molecule has 112 valence electrons. The lowest BCUT2D eigenvalue weighted by Gasteiger charge is -2.14. The number of benzene rings is 1. The van der Waals surface area contributed by atoms with Crippen LogP contribution in [0.3, 0.4) is 0 Å². The van der Waals surface area contributed by atoms with Gasteiger partial charge in [-0.15, -0.1) is 0 Å². The summed E-state index contributed by atoms with van der Waals surface area (Å²) in [6.07, 6.45) is 3.77. The first-order valence-electron chi connectivity index (χ1n) is 7.43. The molecule has 1 aromatic carbocycles. The van der Waals surface area contributed by atoms with Crippen molar-refractivity contribution in [2.75, 3.05) is 7.11 Å². The first kappa shape index (κ1) is 16.7. The van der Waals surface area contributed by atoms with Gasteiger partial charge in [0.2, 0.25) is 0 Å². The van der Waals surface area contributed by atoms with Crippen molar-refractivity contribution in [2.24, 2.45) is 5.92 Å². The number of methoxy groups -OCH3 is 1. The second-order valence-electron chi connectivity index (χ2n) is 5.80. The van der Waals surface area contributed by atoms with Gasteiger partial charge in [-0.25, -0.2) is 4.79 Å². The summed E-state index contributed by atoms with van der Waals surface area (Å²) in [4.78, 5) is 11.3. The fraction of sp³-hybridized carbons (Fsp3) is 0.588. The van der Waals surface area contributed by atoms with E-state index in [1.807, 2.05) is 24.3 Å². The average Bonchev–Trinajstić information content (AvgIpc) is 2.44. The summed E-state index contributed by atoms with van der Waals surface area (Å²) < 4.78 is 4.68. The van der Waals surface area contributed by atoms with Crippen molar-refractivity contribution in [1.82, 2.24) is 5.32 Å². The summed E-state index contributed by atoms with van der Waals surface area (Å²) in [5.41, 5.74) is 1.79. The second-order valence-corrected chi connectivity index (χ2v) is 5.80. The van der Waals surface area contributed by atoms with Gasteiger partial charge >= 0.3 is 5.97 Å². The molecule has 1 atom stereocenters. The Morgan fingerprint density at radius 1 is 1.15 bits per heavy atom. The van der Waals surface area contributed by atoms with Crippen molar-refractivity contribution in [2.45, 2.75) is 52.6 Å². The molecule has 0 heterocycles. The molecule has 3 nitrogen and oxygen atoms in total. The van der Waals surface area contributed by atoms with Gasteiger partial charge in [-0.3, -0.25) is 0 Å². The van der Waals surface area contributed by atoms with E-state index in [4.69, 9.17) is 0 Å². The van der Waals surface area contributed by atoms with E-state index >= 15 is 0 Å². The number of esters is 1. The smallest absolute Gasteiger partial charge is 0.337 e. The van der Waals surface area contributed by atoms with E-state index in [1.54, 1.807) is 0 Å². The molecule has 1 aromatic rings. The van der Waals surface area contributed by atoms with Crippen LogP contribution in [-0.2, 0) is 11.3 Å². The number of rotatable bonds is 8. The SMILES string of the molecule is COC(=O)c1ccc(CNC(C)CCCC(C)C)cc1. The predicted molar refractivity (Wildman–Crippen MR) is 82.8 cm³/mol. The molecule has 0 aromatic heterocycles. The number of ether oxygens (including phenoxy) is 1. The van der Waals surface area contributed by atoms with E-state index < -0.39 is 0 Å². The minimum atomic E-state index is -0.286. The molecule has 0 saturated heterocycles. The molecule has 0 aliphatic rings. The first-order chi connectivity index (χ1) is 9.52. The average molecular weight is 277 g/mol. The van der Waals surface area contributed by atoms with Gasteiger partial charge in [-0.1, -0.05) is 38.8 Å². The highest BCUT2D eigenvalue weighted by Crippen LogP contribution is 2.09. The molecule has 0 fully saturated rings. The Balaban J connectivity index is 2.32. The zero-order valence-corrected chi connectivity index (χ0v) is 13.1. The summed E-state index contributed by atoms with van der Waals surface area (Å²) in [6, 6.07) is 8.09. The third kappa shape index (κ3) is 6.20. The van der Waals surface area contributed by atoms with Crippen LogP contribution in [0.5, 0.6) is 0 Å². The lowest BCUT2D eigenvalue weighted by molar-refractivity contribution is 0.0600. The van der Waals surface area contributed by atoms with Gasteiger partial charge in [-0.2, -0.15) is 0 Å². The van der Waals surface area contributed by atoms with Crippen LogP contribution in [0.1, 0.15) is 56.0 Å². The first-order valence-corrected chi connectivity index (χ1v) is 7.43. The minimum absolute atomic E-state index is 0.286. The Morgan fingerprint density at radius 2 is 1.80 bits per heavy atom. The lowest BCUT2D eigenvalue weighted by atomic mass is 10.0. The van der Waals surface area contributed by atoms with Crippen LogP contribution in [0.15, 0.2) is 24.3 Å². The van der Waals surface area contributed by atoms with Crippen LogP contribution in [0, 0.1) is 5.92 Å². The molecule has 0 saturated carbocycles. The lowest BCUT2D eigenvalue weighted by Crippen LogP contribution is -2.25. The van der Waals surface area contributed by atoms with Gasteiger partial charge in [0.15, 0.2) is 0 Å². The van der Waals surface area contributed by atoms with Gasteiger partial charge in [-0.05, 0) is 37.0 Å². The van der Waals surface area contributed by atoms with Crippen molar-refractivity contribution in [1.29, 1.82) is 0 Å². The normalized spacial score (nSPS) is 12.4. The van der Waals surface area contributed by atoms with Crippen LogP contribution < -0.4 is 5.32 Å². The van der Waals surface area contributed by atoms with E-state index in [0.29, 0.717) is 11.6 Å². The fourth-order valence-electron chi connectivity index (χ4n) is 2.10. The quantitative estimate of drug-likeness (QED) is 0.735. The fourth-order valence-corrected chi connectivity index (χ4v) is 2.10. The van der Waals surface area contributed by atoms with Gasteiger partial charge in [0, 0.05) is 12.6 Å². The highest BCUT2D eigenvalue weighted by Gasteiger charge is 2.05. The molecule has 0 aliphatic heterocycles. The molecule has 3 heteroatoms. The van der Waals surface area contributed by atoms with E-state index in [0.717, 1.165) is 12.5 Å². The maximum Gasteiger partial charge on any atom is 0.337 e. The van der Waals surface area contributed by atoms with Crippen molar-refractivity contribution in [3.05, 3.63) is 35.4 Å². The molecule has 0 radical (unpaired) electrons. The van der Waals surface area contributed by atoms with E-state index in [2.05, 4.69) is 30.8 Å². The zero-order valence-electron chi connectivity index (χ0n) is 13.1. The Morgan fingerprint density at radius 3 is 2.35 bits per heavy atom. The minimum Gasteiger partial charge on any atom is -0.465 e. The molecule has 20 heavy (non-hydrogen) atoms. The Kier molecular flexibility index (Phi) is 7.31. The summed E-state index contributed by atoms with van der Waals surface area (Å²) in [5, 5.41) is 3.52. The van der Waals surface area contributed by atoms with Gasteiger partial charge < -0.3 is 10.1 Å². The number of carbonyl (C=O) groups excluding carboxylic acids is 1. The molecule has 1 N–H and O–H groups in total. The highest BCUT2D eigenvalue weighted by molar-refractivity contribution is 5.89. The molecule has 0 amide bonds. The van der Waals surface area contributed by atoms with E-state index in [9.17, 15) is 4.79 Å². The molecule has 0 bridgehead atoms. The van der Waals surface area contributed by atoms with Crippen LogP contribution in [0.4, 0.5) is 0 Å². The van der Waals surface area contributed by atoms with Crippen molar-refractivity contribution in [3.63, 3.8) is 0 Å². The summed E-state index contributed by atoms with van der Waals surface area (Å²) in [5.74, 6) is 0.500. The zero-order chi connectivity index (χ0) is 15.0. The van der Waals surface area contributed by atoms with E-state index in [-0.39, 0.29) is 5.97 Å². The Labute approximate surface area is 122 Å². The van der Waals surface area contributed by atoms with Crippen LogP contribution >= 0.6 is 0 Å². The predicted octanol–water partition coefficient (Wildman–Crippen LogP) is 3.78. The van der Waals surface area contributed by atoms with E-state index in [1.165, 1.54) is 31.9 Å². The monoisotopic (exact) mass is 277 g/mol. The van der Waals surface area contributed by atoms with Crippen molar-refractivity contribution >= 4 is 5.97 Å². The highest BCUT2D eigenvalue weighted by atomic mass is 16.5. The number of nitrogens with one attached hydrogen (secondary N) is 1. The van der Waals surface area contributed by atoms with Crippen LogP contribution in [0.2, 0.25) is 0 Å². The topological polar surface area (TPSA) is 38.3 Å². The largest absolute Gasteiger partial charge is 0.465 e. The Hall–Kier alpha value is -1.35. The van der Waals surface area contributed by atoms with Crippen molar-refractivity contribution < 1.29 is 9.53 Å². The number of hydrogen-bond donors (Lipinski definition) is 1. The van der Waals surface area contributed by atoms with Crippen molar-refractivity contribution in [3.8, 4) is 0 Å². The maximum absolute atomic E-state index is 11.3. The molecule has 1 unspecified atom stereocenters. The molecule has 1 rings (SSSR count). The summed E-state index contributed by atoms with van der Waals surface area (Å²) in [7, 11) is 1.40. The summed E-state index contributed by atoms with van der Waals surface area (Å²) in [6.45, 7) is 7.59. The molecular weight excluding hydrogens is 250 g/mol. The molecule has 0 aliphatic carbocycles.